The van der Waals surface area contributed by atoms with E-state index in [1.807, 2.05) is 11.6 Å². The van der Waals surface area contributed by atoms with Crippen molar-refractivity contribution in [3.63, 3.8) is 0 Å². The van der Waals surface area contributed by atoms with Crippen LogP contribution in [0, 0.1) is 25.1 Å². The first kappa shape index (κ1) is 18.6. The van der Waals surface area contributed by atoms with Gasteiger partial charge in [0.15, 0.2) is 0 Å². The predicted octanol–water partition coefficient (Wildman–Crippen LogP) is 2.84. The fourth-order valence-electron chi connectivity index (χ4n) is 3.44. The summed E-state index contributed by atoms with van der Waals surface area (Å²) in [4.78, 5) is 14.5. The van der Waals surface area contributed by atoms with Gasteiger partial charge in [0.25, 0.3) is 0 Å². The van der Waals surface area contributed by atoms with Crippen LogP contribution in [0.4, 0.5) is 4.39 Å². The van der Waals surface area contributed by atoms with Crippen molar-refractivity contribution in [2.45, 2.75) is 39.3 Å². The van der Waals surface area contributed by atoms with E-state index in [2.05, 4.69) is 23.4 Å². The molecule has 26 heavy (non-hydrogen) atoms. The lowest BCUT2D eigenvalue weighted by Gasteiger charge is -2.25. The molecule has 1 aliphatic carbocycles. The molecular weight excluding hydrogens is 331 g/mol. The van der Waals surface area contributed by atoms with Gasteiger partial charge in [0.05, 0.1) is 5.69 Å². The molecular formula is C20H27FN4O. The Balaban J connectivity index is 1.67. The molecule has 2 aromatic rings. The number of nitrogens with zero attached hydrogens (tertiary/aromatic N) is 3. The molecule has 0 spiro atoms. The third kappa shape index (κ3) is 3.96. The Morgan fingerprint density at radius 1 is 1.35 bits per heavy atom. The van der Waals surface area contributed by atoms with Gasteiger partial charge in [-0.25, -0.2) is 4.39 Å². The van der Waals surface area contributed by atoms with Crippen molar-refractivity contribution in [1.29, 1.82) is 0 Å². The van der Waals surface area contributed by atoms with Crippen molar-refractivity contribution in [3.05, 3.63) is 53.1 Å². The van der Waals surface area contributed by atoms with Crippen LogP contribution in [0.25, 0.3) is 0 Å². The lowest BCUT2D eigenvalue weighted by atomic mass is 10.0. The maximum atomic E-state index is 14.2. The number of benzene rings is 1. The highest BCUT2D eigenvalue weighted by Gasteiger charge is 2.44. The van der Waals surface area contributed by atoms with Gasteiger partial charge in [-0.3, -0.25) is 14.4 Å². The number of carbonyl (C=O) groups is 1. The van der Waals surface area contributed by atoms with E-state index in [-0.39, 0.29) is 17.1 Å². The lowest BCUT2D eigenvalue weighted by Crippen LogP contribution is -2.40. The SMILES string of the molecule is Cc1cc(C)n(CC2(CNC(=O)[C@H](c3ccccc3F)N(C)C)CC2)n1. The molecule has 1 saturated carbocycles. The Bertz CT molecular complexity index is 795. The Morgan fingerprint density at radius 3 is 2.58 bits per heavy atom. The van der Waals surface area contributed by atoms with Crippen LogP contribution < -0.4 is 5.32 Å². The quantitative estimate of drug-likeness (QED) is 0.828. The van der Waals surface area contributed by atoms with Gasteiger partial charge in [0, 0.05) is 29.8 Å². The summed E-state index contributed by atoms with van der Waals surface area (Å²) >= 11 is 0. The first-order valence-electron chi connectivity index (χ1n) is 9.01. The maximum Gasteiger partial charge on any atom is 0.242 e. The Labute approximate surface area is 154 Å². The Kier molecular flexibility index (Phi) is 5.14. The molecule has 3 rings (SSSR count). The van der Waals surface area contributed by atoms with Crippen molar-refractivity contribution in [1.82, 2.24) is 20.0 Å². The van der Waals surface area contributed by atoms with Crippen molar-refractivity contribution < 1.29 is 9.18 Å². The lowest BCUT2D eigenvalue weighted by molar-refractivity contribution is -0.126. The van der Waals surface area contributed by atoms with E-state index in [1.54, 1.807) is 37.2 Å². The Morgan fingerprint density at radius 2 is 2.04 bits per heavy atom. The first-order valence-corrected chi connectivity index (χ1v) is 9.01. The standard InChI is InChI=1S/C20H27FN4O/c1-14-11-15(2)25(23-14)13-20(9-10-20)12-22-19(26)18(24(3)4)16-7-5-6-8-17(16)21/h5-8,11,18H,9-10,12-13H2,1-4H3,(H,22,26)/t18-/m0/s1. The number of nitrogens with one attached hydrogen (secondary N) is 1. The number of aryl methyl sites for hydroxylation is 2. The summed E-state index contributed by atoms with van der Waals surface area (Å²) in [6, 6.07) is 7.88. The van der Waals surface area contributed by atoms with Crippen molar-refractivity contribution in [2.75, 3.05) is 20.6 Å². The zero-order chi connectivity index (χ0) is 18.9. The molecule has 5 nitrogen and oxygen atoms in total. The fourth-order valence-corrected chi connectivity index (χ4v) is 3.44. The fraction of sp³-hybridized carbons (Fsp3) is 0.500. The van der Waals surface area contributed by atoms with Gasteiger partial charge < -0.3 is 5.32 Å². The molecule has 0 saturated heterocycles. The average molecular weight is 358 g/mol. The van der Waals surface area contributed by atoms with Crippen LogP contribution in [-0.2, 0) is 11.3 Å². The summed E-state index contributed by atoms with van der Waals surface area (Å²) in [6.45, 7) is 5.43. The highest BCUT2D eigenvalue weighted by molar-refractivity contribution is 5.83. The van der Waals surface area contributed by atoms with Gasteiger partial charge in [-0.1, -0.05) is 18.2 Å². The van der Waals surface area contributed by atoms with Crippen LogP contribution in [0.3, 0.4) is 0 Å². The smallest absolute Gasteiger partial charge is 0.242 e. The van der Waals surface area contributed by atoms with Gasteiger partial charge in [-0.2, -0.15) is 5.10 Å². The predicted molar refractivity (Wildman–Crippen MR) is 99.2 cm³/mol. The molecule has 1 heterocycles. The molecule has 1 amide bonds. The molecule has 1 atom stereocenters. The highest BCUT2D eigenvalue weighted by atomic mass is 19.1. The van der Waals surface area contributed by atoms with Gasteiger partial charge >= 0.3 is 0 Å². The minimum absolute atomic E-state index is 0.0605. The average Bonchev–Trinajstić information content (AvgIpc) is 3.26. The summed E-state index contributed by atoms with van der Waals surface area (Å²) in [5, 5.41) is 7.58. The second kappa shape index (κ2) is 7.19. The van der Waals surface area contributed by atoms with Crippen molar-refractivity contribution in [2.24, 2.45) is 5.41 Å². The highest BCUT2D eigenvalue weighted by Crippen LogP contribution is 2.46. The topological polar surface area (TPSA) is 50.2 Å². The number of carbonyl (C=O) groups excluding carboxylic acids is 1. The summed E-state index contributed by atoms with van der Waals surface area (Å²) < 4.78 is 16.2. The van der Waals surface area contributed by atoms with Crippen LogP contribution in [-0.4, -0.2) is 41.2 Å². The minimum Gasteiger partial charge on any atom is -0.354 e. The van der Waals surface area contributed by atoms with Gasteiger partial charge in [-0.15, -0.1) is 0 Å². The monoisotopic (exact) mass is 358 g/mol. The molecule has 0 radical (unpaired) electrons. The molecule has 6 heteroatoms. The summed E-state index contributed by atoms with van der Waals surface area (Å²) in [7, 11) is 3.58. The molecule has 1 N–H and O–H groups in total. The van der Waals surface area contributed by atoms with Gasteiger partial charge in [-0.05, 0) is 52.9 Å². The maximum absolute atomic E-state index is 14.2. The third-order valence-electron chi connectivity index (χ3n) is 5.15. The van der Waals surface area contributed by atoms with Crippen LogP contribution in [0.1, 0.15) is 35.8 Å². The molecule has 1 aromatic heterocycles. The van der Waals surface area contributed by atoms with E-state index in [4.69, 9.17) is 0 Å². The van der Waals surface area contributed by atoms with Crippen molar-refractivity contribution in [3.8, 4) is 0 Å². The van der Waals surface area contributed by atoms with Gasteiger partial charge in [0.2, 0.25) is 5.91 Å². The van der Waals surface area contributed by atoms with Crippen molar-refractivity contribution >= 4 is 5.91 Å². The molecule has 140 valence electrons. The number of rotatable bonds is 7. The first-order chi connectivity index (χ1) is 12.3. The van der Waals surface area contributed by atoms with E-state index < -0.39 is 6.04 Å². The number of hydrogen-bond donors (Lipinski definition) is 1. The number of amides is 1. The normalized spacial score (nSPS) is 16.5. The van der Waals surface area contributed by atoms with E-state index in [0.29, 0.717) is 12.1 Å². The van der Waals surface area contributed by atoms with Crippen LogP contribution in [0.2, 0.25) is 0 Å². The summed E-state index contributed by atoms with van der Waals surface area (Å²) in [6.07, 6.45) is 2.13. The number of aromatic nitrogens is 2. The van der Waals surface area contributed by atoms with E-state index in [0.717, 1.165) is 30.8 Å². The molecule has 1 fully saturated rings. The largest absolute Gasteiger partial charge is 0.354 e. The Hall–Kier alpha value is -2.21. The van der Waals surface area contributed by atoms with E-state index in [9.17, 15) is 9.18 Å². The van der Waals surface area contributed by atoms with Crippen LogP contribution in [0.5, 0.6) is 0 Å². The summed E-state index contributed by atoms with van der Waals surface area (Å²) in [5.41, 5.74) is 2.61. The third-order valence-corrected chi connectivity index (χ3v) is 5.15. The molecule has 0 unspecified atom stereocenters. The number of halogens is 1. The van der Waals surface area contributed by atoms with E-state index >= 15 is 0 Å². The zero-order valence-corrected chi connectivity index (χ0v) is 15.9. The molecule has 1 aliphatic rings. The molecule has 0 aliphatic heterocycles. The van der Waals surface area contributed by atoms with Gasteiger partial charge in [0.1, 0.15) is 11.9 Å². The second-order valence-electron chi connectivity index (χ2n) is 7.69. The second-order valence-corrected chi connectivity index (χ2v) is 7.69. The van der Waals surface area contributed by atoms with Crippen LogP contribution >= 0.6 is 0 Å². The minimum atomic E-state index is -0.638. The number of likely N-dealkylation sites (N-methyl/N-ethyl adjacent to an activating group) is 1. The summed E-state index contributed by atoms with van der Waals surface area (Å²) in [5.74, 6) is -0.523. The number of hydrogen-bond acceptors (Lipinski definition) is 3. The van der Waals surface area contributed by atoms with E-state index in [1.165, 1.54) is 6.07 Å². The molecule has 1 aromatic carbocycles. The zero-order valence-electron chi connectivity index (χ0n) is 15.9. The molecule has 0 bridgehead atoms. The van der Waals surface area contributed by atoms with Crippen LogP contribution in [0.15, 0.2) is 30.3 Å².